The number of hydrogen-bond acceptors (Lipinski definition) is 5. The molecule has 0 aliphatic carbocycles. The molecule has 0 spiro atoms. The van der Waals surface area contributed by atoms with Crippen molar-refractivity contribution in [3.05, 3.63) is 36.0 Å². The van der Waals surface area contributed by atoms with Gasteiger partial charge in [0, 0.05) is 19.5 Å². The highest BCUT2D eigenvalue weighted by atomic mass is 16.5. The molecule has 24 heavy (non-hydrogen) atoms. The van der Waals surface area contributed by atoms with E-state index in [1.165, 1.54) is 31.4 Å². The van der Waals surface area contributed by atoms with Crippen LogP contribution in [0.5, 0.6) is 0 Å². The van der Waals surface area contributed by atoms with E-state index in [1.54, 1.807) is 0 Å². The third-order valence-electron chi connectivity index (χ3n) is 4.38. The van der Waals surface area contributed by atoms with Crippen LogP contribution in [0.25, 0.3) is 0 Å². The molecule has 1 aromatic carbocycles. The lowest BCUT2D eigenvalue weighted by molar-refractivity contribution is 0.375. The minimum absolute atomic E-state index is 0.534. The van der Waals surface area contributed by atoms with E-state index in [9.17, 15) is 0 Å². The van der Waals surface area contributed by atoms with Gasteiger partial charge in [0.25, 0.3) is 0 Å². The van der Waals surface area contributed by atoms with Crippen LogP contribution in [0.1, 0.15) is 51.2 Å². The van der Waals surface area contributed by atoms with Gasteiger partial charge in [0.15, 0.2) is 5.82 Å². The van der Waals surface area contributed by atoms with Crippen LogP contribution in [0.15, 0.2) is 28.8 Å². The Balaban J connectivity index is 1.65. The van der Waals surface area contributed by atoms with Crippen molar-refractivity contribution in [3.63, 3.8) is 0 Å². The number of anilines is 2. The van der Waals surface area contributed by atoms with E-state index >= 15 is 0 Å². The molecule has 1 saturated heterocycles. The lowest BCUT2D eigenvalue weighted by Gasteiger charge is -2.25. The first-order chi connectivity index (χ1) is 11.7. The number of para-hydroxylation sites is 2. The van der Waals surface area contributed by atoms with Gasteiger partial charge in [0.2, 0.25) is 5.89 Å². The summed E-state index contributed by atoms with van der Waals surface area (Å²) in [6.07, 6.45) is 6.08. The first-order valence-electron chi connectivity index (χ1n) is 9.11. The summed E-state index contributed by atoms with van der Waals surface area (Å²) < 4.78 is 5.36. The molecule has 3 rings (SSSR count). The molecular weight excluding hydrogens is 300 g/mol. The molecule has 1 N–H and O–H groups in total. The highest BCUT2D eigenvalue weighted by Crippen LogP contribution is 2.28. The molecule has 5 heteroatoms. The van der Waals surface area contributed by atoms with Crippen molar-refractivity contribution in [1.29, 1.82) is 0 Å². The second-order valence-electron chi connectivity index (χ2n) is 6.97. The van der Waals surface area contributed by atoms with E-state index in [-0.39, 0.29) is 0 Å². The molecule has 0 saturated carbocycles. The zero-order valence-electron chi connectivity index (χ0n) is 14.8. The van der Waals surface area contributed by atoms with Crippen molar-refractivity contribution in [1.82, 2.24) is 10.1 Å². The number of nitrogens with zero attached hydrogens (tertiary/aromatic N) is 3. The number of hydrogen-bond donors (Lipinski definition) is 1. The Morgan fingerprint density at radius 2 is 1.88 bits per heavy atom. The van der Waals surface area contributed by atoms with E-state index in [0.29, 0.717) is 18.4 Å². The van der Waals surface area contributed by atoms with Crippen molar-refractivity contribution in [2.24, 2.45) is 5.92 Å². The summed E-state index contributed by atoms with van der Waals surface area (Å²) in [4.78, 5) is 6.96. The van der Waals surface area contributed by atoms with Crippen molar-refractivity contribution in [2.75, 3.05) is 23.3 Å². The van der Waals surface area contributed by atoms with E-state index < -0.39 is 0 Å². The fraction of sp³-hybridized carbons (Fsp3) is 0.579. The van der Waals surface area contributed by atoms with Crippen molar-refractivity contribution >= 4 is 11.4 Å². The van der Waals surface area contributed by atoms with Gasteiger partial charge in [0.05, 0.1) is 17.9 Å². The van der Waals surface area contributed by atoms with Crippen LogP contribution in [0.3, 0.4) is 0 Å². The van der Waals surface area contributed by atoms with E-state index in [0.717, 1.165) is 31.0 Å². The molecule has 0 radical (unpaired) electrons. The highest BCUT2D eigenvalue weighted by Gasteiger charge is 2.14. The van der Waals surface area contributed by atoms with Crippen LogP contribution in [-0.2, 0) is 13.0 Å². The molecule has 0 unspecified atom stereocenters. The number of rotatable bonds is 6. The molecule has 0 bridgehead atoms. The summed E-state index contributed by atoms with van der Waals surface area (Å²) in [6.45, 7) is 7.16. The normalized spacial score (nSPS) is 15.5. The molecule has 5 nitrogen and oxygen atoms in total. The monoisotopic (exact) mass is 328 g/mol. The minimum Gasteiger partial charge on any atom is -0.374 e. The molecule has 2 aromatic rings. The molecule has 1 aliphatic heterocycles. The average Bonchev–Trinajstić information content (AvgIpc) is 2.84. The van der Waals surface area contributed by atoms with Crippen molar-refractivity contribution in [3.8, 4) is 0 Å². The third-order valence-corrected chi connectivity index (χ3v) is 4.38. The Hall–Kier alpha value is -2.04. The smallest absolute Gasteiger partial charge is 0.245 e. The lowest BCUT2D eigenvalue weighted by atomic mass is 10.1. The van der Waals surface area contributed by atoms with Crippen LogP contribution >= 0.6 is 0 Å². The van der Waals surface area contributed by atoms with Gasteiger partial charge in [-0.3, -0.25) is 0 Å². The molecule has 0 atom stereocenters. The third kappa shape index (κ3) is 4.49. The van der Waals surface area contributed by atoms with Crippen LogP contribution in [0.2, 0.25) is 0 Å². The maximum absolute atomic E-state index is 5.36. The molecule has 1 aromatic heterocycles. The second kappa shape index (κ2) is 8.18. The first kappa shape index (κ1) is 16.8. The SMILES string of the molecule is CC(C)Cc1noc(CNc2ccccc2N2CCCCCC2)n1. The topological polar surface area (TPSA) is 54.2 Å². The summed E-state index contributed by atoms with van der Waals surface area (Å²) in [5.41, 5.74) is 2.42. The van der Waals surface area contributed by atoms with Crippen LogP contribution in [-0.4, -0.2) is 23.2 Å². The predicted octanol–water partition coefficient (Wildman–Crippen LogP) is 4.26. The molecule has 1 fully saturated rings. The van der Waals surface area contributed by atoms with Crippen LogP contribution < -0.4 is 10.2 Å². The van der Waals surface area contributed by atoms with Crippen molar-refractivity contribution < 1.29 is 4.52 Å². The maximum atomic E-state index is 5.36. The summed E-state index contributed by atoms with van der Waals surface area (Å²) in [7, 11) is 0. The Kier molecular flexibility index (Phi) is 5.72. The highest BCUT2D eigenvalue weighted by molar-refractivity contribution is 5.70. The lowest BCUT2D eigenvalue weighted by Crippen LogP contribution is -2.24. The Morgan fingerprint density at radius 1 is 1.12 bits per heavy atom. The molecule has 130 valence electrons. The number of nitrogens with one attached hydrogen (secondary N) is 1. The largest absolute Gasteiger partial charge is 0.374 e. The molecular formula is C19H28N4O. The number of benzene rings is 1. The van der Waals surface area contributed by atoms with Crippen LogP contribution in [0, 0.1) is 5.92 Å². The average molecular weight is 328 g/mol. The first-order valence-corrected chi connectivity index (χ1v) is 9.11. The zero-order valence-corrected chi connectivity index (χ0v) is 14.8. The van der Waals surface area contributed by atoms with Gasteiger partial charge in [-0.05, 0) is 30.9 Å². The van der Waals surface area contributed by atoms with Crippen LogP contribution in [0.4, 0.5) is 11.4 Å². The molecule has 1 aliphatic rings. The summed E-state index contributed by atoms with van der Waals surface area (Å²) in [6, 6.07) is 8.51. The number of aromatic nitrogens is 2. The molecule has 2 heterocycles. The van der Waals surface area contributed by atoms with Gasteiger partial charge in [-0.1, -0.05) is 44.0 Å². The van der Waals surface area contributed by atoms with Gasteiger partial charge in [-0.25, -0.2) is 0 Å². The predicted molar refractivity (Wildman–Crippen MR) is 97.3 cm³/mol. The van der Waals surface area contributed by atoms with Crippen molar-refractivity contribution in [2.45, 2.75) is 52.5 Å². The Bertz CT molecular complexity index is 630. The summed E-state index contributed by atoms with van der Waals surface area (Å²) in [5.74, 6) is 1.98. The van der Waals surface area contributed by atoms with E-state index in [2.05, 4.69) is 58.5 Å². The molecule has 0 amide bonds. The van der Waals surface area contributed by atoms with Gasteiger partial charge in [-0.15, -0.1) is 0 Å². The minimum atomic E-state index is 0.534. The summed E-state index contributed by atoms with van der Waals surface area (Å²) in [5, 5.41) is 7.53. The summed E-state index contributed by atoms with van der Waals surface area (Å²) >= 11 is 0. The Morgan fingerprint density at radius 3 is 2.62 bits per heavy atom. The maximum Gasteiger partial charge on any atom is 0.245 e. The second-order valence-corrected chi connectivity index (χ2v) is 6.97. The van der Waals surface area contributed by atoms with E-state index in [4.69, 9.17) is 4.52 Å². The Labute approximate surface area is 144 Å². The zero-order chi connectivity index (χ0) is 16.8. The quantitative estimate of drug-likeness (QED) is 0.858. The standard InChI is InChI=1S/C19H28N4O/c1-15(2)13-18-21-19(24-22-18)14-20-16-9-5-6-10-17(16)23-11-7-3-4-8-12-23/h5-6,9-10,15,20H,3-4,7-8,11-14H2,1-2H3. The fourth-order valence-electron chi connectivity index (χ4n) is 3.19. The van der Waals surface area contributed by atoms with E-state index in [1.807, 2.05) is 0 Å². The van der Waals surface area contributed by atoms with Gasteiger partial charge in [-0.2, -0.15) is 4.98 Å². The van der Waals surface area contributed by atoms with Gasteiger partial charge >= 0.3 is 0 Å². The fourth-order valence-corrected chi connectivity index (χ4v) is 3.19. The van der Waals surface area contributed by atoms with Gasteiger partial charge in [0.1, 0.15) is 0 Å². The van der Waals surface area contributed by atoms with Gasteiger partial charge < -0.3 is 14.7 Å².